The molecule has 148 valence electrons. The molecular weight excluding hydrogens is 473 g/mol. The summed E-state index contributed by atoms with van der Waals surface area (Å²) in [5.41, 5.74) is 3.91. The third-order valence-electron chi connectivity index (χ3n) is 5.20. The van der Waals surface area contributed by atoms with Crippen LogP contribution in [0.4, 0.5) is 0 Å². The summed E-state index contributed by atoms with van der Waals surface area (Å²) in [5, 5.41) is 5.60. The number of likely N-dealkylation sites (N-methyl/N-ethyl adjacent to an activating group) is 1. The second-order valence-electron chi connectivity index (χ2n) is 7.42. The molecule has 4 nitrogen and oxygen atoms in total. The minimum absolute atomic E-state index is 0.574. The van der Waals surface area contributed by atoms with Crippen LogP contribution in [0.5, 0.6) is 5.75 Å². The zero-order chi connectivity index (χ0) is 20.3. The monoisotopic (exact) mass is 489 g/mol. The Morgan fingerprint density at radius 3 is 1.90 bits per heavy atom. The minimum Gasteiger partial charge on any atom is -0.488 e. The number of hydrogen-bond donors (Lipinski definition) is 2. The number of benzene rings is 3. The van der Waals surface area contributed by atoms with Gasteiger partial charge in [-0.25, -0.2) is 0 Å². The predicted molar refractivity (Wildman–Crippen MR) is 127 cm³/mol. The van der Waals surface area contributed by atoms with Crippen LogP contribution in [0.15, 0.2) is 40.9 Å². The highest BCUT2D eigenvalue weighted by Gasteiger charge is 2.22. The fraction of sp³-hybridized carbons (Fsp3) is 0.182. The number of fused-ring (bicyclic) bond motifs is 6. The number of ether oxygens (including phenoxy) is 1. The summed E-state index contributed by atoms with van der Waals surface area (Å²) in [7, 11) is 4.07. The average molecular weight is 491 g/mol. The van der Waals surface area contributed by atoms with Crippen LogP contribution in [-0.2, 0) is 0 Å². The molecule has 0 spiro atoms. The normalized spacial score (nSPS) is 12.2. The van der Waals surface area contributed by atoms with Crippen molar-refractivity contribution >= 4 is 82.7 Å². The number of halogens is 3. The number of aromatic nitrogens is 2. The van der Waals surface area contributed by atoms with E-state index in [-0.39, 0.29) is 0 Å². The number of rotatable bonds is 4. The third kappa shape index (κ3) is 3.08. The van der Waals surface area contributed by atoms with Crippen molar-refractivity contribution in [3.63, 3.8) is 0 Å². The van der Waals surface area contributed by atoms with Crippen molar-refractivity contribution in [2.75, 3.05) is 27.2 Å². The maximum Gasteiger partial charge on any atom is 0.167 e. The van der Waals surface area contributed by atoms with Crippen molar-refractivity contribution < 1.29 is 4.74 Å². The van der Waals surface area contributed by atoms with E-state index in [9.17, 15) is 0 Å². The summed E-state index contributed by atoms with van der Waals surface area (Å²) < 4.78 is 7.32. The van der Waals surface area contributed by atoms with E-state index in [4.69, 9.17) is 27.9 Å². The van der Waals surface area contributed by atoms with Gasteiger partial charge in [-0.2, -0.15) is 0 Å². The quantitative estimate of drug-likeness (QED) is 0.286. The van der Waals surface area contributed by atoms with Crippen LogP contribution in [-0.4, -0.2) is 42.1 Å². The molecule has 0 atom stereocenters. The van der Waals surface area contributed by atoms with Gasteiger partial charge in [0.15, 0.2) is 5.75 Å². The van der Waals surface area contributed by atoms with Crippen LogP contribution >= 0.6 is 39.1 Å². The Bertz CT molecular complexity index is 1310. The maximum atomic E-state index is 6.33. The molecule has 5 aromatic rings. The highest BCUT2D eigenvalue weighted by molar-refractivity contribution is 9.10. The lowest BCUT2D eigenvalue weighted by molar-refractivity contribution is 0.265. The largest absolute Gasteiger partial charge is 0.488 e. The SMILES string of the molecule is CN(C)CCOc1c2[nH]c3ccc(Cl)cc3c2c(Br)c2c1[nH]c1ccc(Cl)cc12. The molecule has 0 unspecified atom stereocenters. The van der Waals surface area contributed by atoms with E-state index in [1.807, 2.05) is 50.5 Å². The van der Waals surface area contributed by atoms with Gasteiger partial charge in [-0.3, -0.25) is 0 Å². The number of nitrogens with zero attached hydrogens (tertiary/aromatic N) is 1. The van der Waals surface area contributed by atoms with Crippen LogP contribution in [0.2, 0.25) is 10.0 Å². The van der Waals surface area contributed by atoms with Gasteiger partial charge in [0.05, 0.1) is 11.0 Å². The zero-order valence-electron chi connectivity index (χ0n) is 15.9. The Labute approximate surface area is 185 Å². The molecule has 0 aliphatic rings. The first kappa shape index (κ1) is 19.1. The van der Waals surface area contributed by atoms with Gasteiger partial charge in [0.2, 0.25) is 0 Å². The number of nitrogens with one attached hydrogen (secondary N) is 2. The summed E-state index contributed by atoms with van der Waals surface area (Å²) in [6.45, 7) is 1.39. The Morgan fingerprint density at radius 2 is 1.41 bits per heavy atom. The summed E-state index contributed by atoms with van der Waals surface area (Å²) in [5.74, 6) is 0.805. The van der Waals surface area contributed by atoms with E-state index in [1.54, 1.807) is 0 Å². The maximum absolute atomic E-state index is 6.33. The Balaban J connectivity index is 1.92. The van der Waals surface area contributed by atoms with Gasteiger partial charge in [0.1, 0.15) is 6.61 Å². The summed E-state index contributed by atoms with van der Waals surface area (Å²) in [6, 6.07) is 11.7. The first-order chi connectivity index (χ1) is 13.9. The molecule has 0 saturated carbocycles. The molecule has 0 bridgehead atoms. The Kier molecular flexibility index (Phi) is 4.67. The summed E-state index contributed by atoms with van der Waals surface area (Å²) in [4.78, 5) is 9.16. The highest BCUT2D eigenvalue weighted by Crippen LogP contribution is 2.47. The van der Waals surface area contributed by atoms with E-state index in [1.165, 1.54) is 0 Å². The molecule has 2 heterocycles. The topological polar surface area (TPSA) is 44.0 Å². The predicted octanol–water partition coefficient (Wildman–Crippen LogP) is 6.97. The van der Waals surface area contributed by atoms with Gasteiger partial charge >= 0.3 is 0 Å². The molecule has 5 rings (SSSR count). The van der Waals surface area contributed by atoms with Crippen LogP contribution < -0.4 is 4.74 Å². The smallest absolute Gasteiger partial charge is 0.167 e. The van der Waals surface area contributed by atoms with Crippen molar-refractivity contribution in [1.29, 1.82) is 0 Å². The summed E-state index contributed by atoms with van der Waals surface area (Å²) in [6.07, 6.45) is 0. The van der Waals surface area contributed by atoms with E-state index in [0.29, 0.717) is 16.7 Å². The second kappa shape index (κ2) is 7.10. The fourth-order valence-corrected chi connectivity index (χ4v) is 5.02. The average Bonchev–Trinajstić information content (AvgIpc) is 3.22. The molecule has 0 fully saturated rings. The molecule has 2 N–H and O–H groups in total. The minimum atomic E-state index is 0.574. The lowest BCUT2D eigenvalue weighted by atomic mass is 10.1. The Morgan fingerprint density at radius 1 is 0.897 bits per heavy atom. The standard InChI is InChI=1S/C22H18BrCl2N3O/c1-28(2)7-8-29-22-20-17(13-9-11(24)3-5-15(13)26-20)19(23)18-14-10-12(25)4-6-16(14)27-21(18)22/h3-6,9-10,26-27H,7-8H2,1-2H3. The lowest BCUT2D eigenvalue weighted by Gasteiger charge is -2.13. The number of hydrogen-bond acceptors (Lipinski definition) is 2. The van der Waals surface area contributed by atoms with Gasteiger partial charge in [-0.15, -0.1) is 0 Å². The van der Waals surface area contributed by atoms with Gasteiger partial charge in [0, 0.05) is 53.6 Å². The zero-order valence-corrected chi connectivity index (χ0v) is 19.0. The van der Waals surface area contributed by atoms with Crippen molar-refractivity contribution in [3.8, 4) is 5.75 Å². The molecule has 0 saturated heterocycles. The van der Waals surface area contributed by atoms with E-state index in [2.05, 4.69) is 30.8 Å². The van der Waals surface area contributed by atoms with Crippen LogP contribution in [0.25, 0.3) is 43.6 Å². The Hall–Kier alpha value is -1.92. The van der Waals surface area contributed by atoms with Crippen molar-refractivity contribution in [3.05, 3.63) is 50.9 Å². The third-order valence-corrected chi connectivity index (χ3v) is 6.46. The molecule has 0 aliphatic carbocycles. The van der Waals surface area contributed by atoms with Crippen LogP contribution in [0, 0.1) is 0 Å². The molecule has 29 heavy (non-hydrogen) atoms. The van der Waals surface area contributed by atoms with Crippen LogP contribution in [0.1, 0.15) is 0 Å². The van der Waals surface area contributed by atoms with Crippen molar-refractivity contribution in [1.82, 2.24) is 14.9 Å². The fourth-order valence-electron chi connectivity index (χ4n) is 3.85. The molecule has 7 heteroatoms. The van der Waals surface area contributed by atoms with Gasteiger partial charge in [-0.1, -0.05) is 23.2 Å². The van der Waals surface area contributed by atoms with Crippen molar-refractivity contribution in [2.24, 2.45) is 0 Å². The first-order valence-electron chi connectivity index (χ1n) is 9.25. The highest BCUT2D eigenvalue weighted by atomic mass is 79.9. The van der Waals surface area contributed by atoms with Gasteiger partial charge in [0.25, 0.3) is 0 Å². The van der Waals surface area contributed by atoms with Gasteiger partial charge < -0.3 is 19.6 Å². The molecule has 0 radical (unpaired) electrons. The number of aromatic amines is 2. The van der Waals surface area contributed by atoms with E-state index >= 15 is 0 Å². The van der Waals surface area contributed by atoms with Crippen molar-refractivity contribution in [2.45, 2.75) is 0 Å². The molecule has 0 aliphatic heterocycles. The van der Waals surface area contributed by atoms with Gasteiger partial charge in [-0.05, 0) is 66.4 Å². The van der Waals surface area contributed by atoms with E-state index in [0.717, 1.165) is 60.4 Å². The first-order valence-corrected chi connectivity index (χ1v) is 10.8. The number of H-pyrrole nitrogens is 2. The molecule has 3 aromatic carbocycles. The summed E-state index contributed by atoms with van der Waals surface area (Å²) >= 11 is 16.5. The molecular formula is C22H18BrCl2N3O. The molecule has 0 amide bonds. The van der Waals surface area contributed by atoms with Crippen LogP contribution in [0.3, 0.4) is 0 Å². The van der Waals surface area contributed by atoms with E-state index < -0.39 is 0 Å². The second-order valence-corrected chi connectivity index (χ2v) is 9.09. The molecule has 2 aromatic heterocycles. The lowest BCUT2D eigenvalue weighted by Crippen LogP contribution is -2.19.